The molecule has 0 saturated carbocycles. The largest absolute Gasteiger partial charge is 0.357 e. The molecule has 1 aliphatic rings. The van der Waals surface area contributed by atoms with Crippen LogP contribution in [0.1, 0.15) is 57.5 Å². The lowest BCUT2D eigenvalue weighted by Crippen LogP contribution is -2.40. The highest BCUT2D eigenvalue weighted by Gasteiger charge is 2.42. The summed E-state index contributed by atoms with van der Waals surface area (Å²) in [5, 5.41) is 8.78. The SMILES string of the molecule is Cc1ccc(-n2nccn2)c(N2CCC[C@@]2(C)c2nc3ccc(C(C)(C)C)cc3[nH]2)c1. The van der Waals surface area contributed by atoms with Gasteiger partial charge in [0, 0.05) is 6.54 Å². The first-order chi connectivity index (χ1) is 14.8. The first-order valence-corrected chi connectivity index (χ1v) is 11.0. The van der Waals surface area contributed by atoms with Gasteiger partial charge in [-0.3, -0.25) is 0 Å². The molecular weight excluding hydrogens is 384 g/mol. The minimum absolute atomic E-state index is 0.107. The topological polar surface area (TPSA) is 62.6 Å². The summed E-state index contributed by atoms with van der Waals surface area (Å²) in [6, 6.07) is 13.1. The molecule has 0 spiro atoms. The third-order valence-electron chi connectivity index (χ3n) is 6.56. The number of aromatic nitrogens is 5. The first kappa shape index (κ1) is 19.8. The molecule has 0 unspecified atom stereocenters. The van der Waals surface area contributed by atoms with Crippen LogP contribution in [0.5, 0.6) is 0 Å². The standard InChI is InChI=1S/C25H30N6/c1-17-7-10-21(31-26-12-13-27-31)22(15-17)30-14-6-11-25(30,5)23-28-19-9-8-18(24(2,3)4)16-20(19)29-23/h7-10,12-13,15-16H,6,11,14H2,1-5H3,(H,28,29)/t25-/m0/s1. The number of H-pyrrole nitrogens is 1. The smallest absolute Gasteiger partial charge is 0.132 e. The van der Waals surface area contributed by atoms with Crippen molar-refractivity contribution in [3.8, 4) is 5.69 Å². The fourth-order valence-electron chi connectivity index (χ4n) is 4.69. The summed E-state index contributed by atoms with van der Waals surface area (Å²) < 4.78 is 0. The number of nitrogens with one attached hydrogen (secondary N) is 1. The summed E-state index contributed by atoms with van der Waals surface area (Å²) in [4.78, 5) is 12.9. The van der Waals surface area contributed by atoms with E-state index in [0.29, 0.717) is 0 Å². The van der Waals surface area contributed by atoms with Crippen LogP contribution in [0, 0.1) is 6.92 Å². The number of rotatable bonds is 3. The Morgan fingerprint density at radius 1 is 1.00 bits per heavy atom. The van der Waals surface area contributed by atoms with Crippen molar-refractivity contribution in [2.45, 2.75) is 58.4 Å². The lowest BCUT2D eigenvalue weighted by molar-refractivity contribution is 0.466. The Morgan fingerprint density at radius 3 is 2.52 bits per heavy atom. The van der Waals surface area contributed by atoms with Gasteiger partial charge in [0.05, 0.1) is 34.7 Å². The Balaban J connectivity index is 1.61. The lowest BCUT2D eigenvalue weighted by Gasteiger charge is -2.36. The summed E-state index contributed by atoms with van der Waals surface area (Å²) >= 11 is 0. The molecule has 4 aromatic rings. The number of hydrogen-bond donors (Lipinski definition) is 1. The number of benzene rings is 2. The van der Waals surface area contributed by atoms with E-state index in [-0.39, 0.29) is 11.0 Å². The van der Waals surface area contributed by atoms with E-state index in [1.54, 1.807) is 17.2 Å². The average Bonchev–Trinajstić information content (AvgIpc) is 3.46. The molecule has 31 heavy (non-hydrogen) atoms. The highest BCUT2D eigenvalue weighted by Crippen LogP contribution is 2.43. The van der Waals surface area contributed by atoms with Crippen LogP contribution in [-0.4, -0.2) is 31.5 Å². The summed E-state index contributed by atoms with van der Waals surface area (Å²) in [6.45, 7) is 12.1. The predicted molar refractivity (Wildman–Crippen MR) is 125 cm³/mol. The molecule has 6 heteroatoms. The van der Waals surface area contributed by atoms with Crippen LogP contribution < -0.4 is 4.90 Å². The van der Waals surface area contributed by atoms with Crippen molar-refractivity contribution in [1.29, 1.82) is 0 Å². The highest BCUT2D eigenvalue weighted by molar-refractivity contribution is 5.77. The highest BCUT2D eigenvalue weighted by atomic mass is 15.5. The number of aryl methyl sites for hydroxylation is 1. The van der Waals surface area contributed by atoms with Gasteiger partial charge < -0.3 is 9.88 Å². The van der Waals surface area contributed by atoms with Crippen molar-refractivity contribution in [2.24, 2.45) is 0 Å². The van der Waals surface area contributed by atoms with Gasteiger partial charge in [-0.15, -0.1) is 4.80 Å². The van der Waals surface area contributed by atoms with Crippen molar-refractivity contribution in [3.63, 3.8) is 0 Å². The zero-order valence-corrected chi connectivity index (χ0v) is 19.0. The zero-order chi connectivity index (χ0) is 21.8. The number of nitrogens with zero attached hydrogens (tertiary/aromatic N) is 5. The van der Waals surface area contributed by atoms with E-state index in [2.05, 4.69) is 91.1 Å². The van der Waals surface area contributed by atoms with Crippen LogP contribution in [0.15, 0.2) is 48.8 Å². The maximum atomic E-state index is 5.04. The van der Waals surface area contributed by atoms with E-state index in [1.807, 2.05) is 0 Å². The number of fused-ring (bicyclic) bond motifs is 1. The second-order valence-corrected chi connectivity index (χ2v) is 9.91. The minimum Gasteiger partial charge on any atom is -0.357 e. The van der Waals surface area contributed by atoms with Gasteiger partial charge in [0.1, 0.15) is 11.5 Å². The van der Waals surface area contributed by atoms with E-state index >= 15 is 0 Å². The maximum absolute atomic E-state index is 5.04. The molecule has 0 radical (unpaired) electrons. The van der Waals surface area contributed by atoms with Crippen molar-refractivity contribution < 1.29 is 0 Å². The molecule has 5 rings (SSSR count). The van der Waals surface area contributed by atoms with Crippen LogP contribution in [0.4, 0.5) is 5.69 Å². The summed E-state index contributed by atoms with van der Waals surface area (Å²) in [7, 11) is 0. The summed E-state index contributed by atoms with van der Waals surface area (Å²) in [6.07, 6.45) is 5.59. The molecule has 0 aliphatic carbocycles. The molecule has 1 saturated heterocycles. The normalized spacial score (nSPS) is 19.5. The third-order valence-corrected chi connectivity index (χ3v) is 6.56. The minimum atomic E-state index is -0.226. The van der Waals surface area contributed by atoms with Crippen LogP contribution in [0.2, 0.25) is 0 Å². The van der Waals surface area contributed by atoms with Crippen LogP contribution >= 0.6 is 0 Å². The Morgan fingerprint density at radius 2 is 1.77 bits per heavy atom. The van der Waals surface area contributed by atoms with E-state index in [4.69, 9.17) is 4.98 Å². The Bertz CT molecular complexity index is 1230. The van der Waals surface area contributed by atoms with Crippen molar-refractivity contribution in [3.05, 3.63) is 65.7 Å². The Labute approximate surface area is 183 Å². The molecule has 0 amide bonds. The average molecular weight is 415 g/mol. The molecule has 3 heterocycles. The molecule has 1 fully saturated rings. The lowest BCUT2D eigenvalue weighted by atomic mass is 9.87. The fraction of sp³-hybridized carbons (Fsp3) is 0.400. The van der Waals surface area contributed by atoms with Gasteiger partial charge in [-0.05, 0) is 67.5 Å². The molecule has 2 aromatic heterocycles. The number of imidazole rings is 1. The van der Waals surface area contributed by atoms with Gasteiger partial charge in [-0.2, -0.15) is 10.2 Å². The van der Waals surface area contributed by atoms with E-state index < -0.39 is 0 Å². The van der Waals surface area contributed by atoms with Gasteiger partial charge in [0.15, 0.2) is 0 Å². The second-order valence-electron chi connectivity index (χ2n) is 9.91. The number of aromatic amines is 1. The number of anilines is 1. The first-order valence-electron chi connectivity index (χ1n) is 11.0. The maximum Gasteiger partial charge on any atom is 0.132 e. The molecule has 1 aliphatic heterocycles. The van der Waals surface area contributed by atoms with E-state index in [1.165, 1.54) is 11.1 Å². The number of hydrogen-bond acceptors (Lipinski definition) is 4. The van der Waals surface area contributed by atoms with Crippen LogP contribution in [0.3, 0.4) is 0 Å². The second kappa shape index (κ2) is 6.94. The molecule has 0 bridgehead atoms. The van der Waals surface area contributed by atoms with E-state index in [9.17, 15) is 0 Å². The fourth-order valence-corrected chi connectivity index (χ4v) is 4.69. The molecule has 1 N–H and O–H groups in total. The van der Waals surface area contributed by atoms with Crippen molar-refractivity contribution in [1.82, 2.24) is 25.0 Å². The quantitative estimate of drug-likeness (QED) is 0.496. The zero-order valence-electron chi connectivity index (χ0n) is 19.0. The third kappa shape index (κ3) is 3.30. The van der Waals surface area contributed by atoms with Gasteiger partial charge in [-0.25, -0.2) is 4.98 Å². The Hall–Kier alpha value is -3.15. The van der Waals surface area contributed by atoms with Crippen LogP contribution in [0.25, 0.3) is 16.7 Å². The molecule has 160 valence electrons. The van der Waals surface area contributed by atoms with Gasteiger partial charge in [-0.1, -0.05) is 32.9 Å². The monoisotopic (exact) mass is 414 g/mol. The summed E-state index contributed by atoms with van der Waals surface area (Å²) in [5.41, 5.74) is 6.69. The van der Waals surface area contributed by atoms with Gasteiger partial charge >= 0.3 is 0 Å². The van der Waals surface area contributed by atoms with E-state index in [0.717, 1.165) is 47.6 Å². The molecule has 2 aromatic carbocycles. The van der Waals surface area contributed by atoms with Gasteiger partial charge in [0.2, 0.25) is 0 Å². The Kier molecular flexibility index (Phi) is 4.43. The van der Waals surface area contributed by atoms with Crippen molar-refractivity contribution in [2.75, 3.05) is 11.4 Å². The molecule has 1 atom stereocenters. The molecule has 6 nitrogen and oxygen atoms in total. The van der Waals surface area contributed by atoms with Crippen molar-refractivity contribution >= 4 is 16.7 Å². The summed E-state index contributed by atoms with van der Waals surface area (Å²) in [5.74, 6) is 1.02. The predicted octanol–water partition coefficient (Wildman–Crippen LogP) is 5.27. The van der Waals surface area contributed by atoms with Gasteiger partial charge in [0.25, 0.3) is 0 Å². The molecular formula is C25H30N6. The van der Waals surface area contributed by atoms with Crippen LogP contribution in [-0.2, 0) is 11.0 Å².